The molecular weight excluding hydrogens is 526 g/mol. The first-order valence-corrected chi connectivity index (χ1v) is 14.2. The van der Waals surface area contributed by atoms with Crippen LogP contribution in [0.1, 0.15) is 74.6 Å². The molecule has 4 N–H and O–H groups in total. The molecule has 0 aliphatic carbocycles. The molecule has 4 atom stereocenters. The number of nitrogens with one attached hydrogen (secondary N) is 3. The summed E-state index contributed by atoms with van der Waals surface area (Å²) in [6.07, 6.45) is 4.35. The van der Waals surface area contributed by atoms with Crippen molar-refractivity contribution in [3.63, 3.8) is 0 Å². The van der Waals surface area contributed by atoms with Gasteiger partial charge in [-0.1, -0.05) is 60.2 Å². The van der Waals surface area contributed by atoms with Gasteiger partial charge in [-0.05, 0) is 69.0 Å². The summed E-state index contributed by atoms with van der Waals surface area (Å²) in [5.74, 6) is -0.678. The highest BCUT2D eigenvalue weighted by Crippen LogP contribution is 2.16. The molecule has 4 aromatic rings. The van der Waals surface area contributed by atoms with E-state index >= 15 is 0 Å². The van der Waals surface area contributed by atoms with E-state index in [0.717, 1.165) is 16.7 Å². The molecule has 1 aromatic heterocycles. The standard InChI is InChI=1S/C34H39N5O3/c1-22-10-12-27(13-11-22)24(3)37-21-32(40)30(18-26-8-6-5-7-9-26)39-34(42)29-17-23(2)16-28(19-29)33(41)38-25(4)31-20-35-14-15-36-31/h5-17,19-20,24-25,30,32,37,40H,18,21H2,1-4H3,(H,38,41)(H,39,42)/t24-,25?,30+,32-/m1/s1. The van der Waals surface area contributed by atoms with Crippen molar-refractivity contribution in [1.82, 2.24) is 25.9 Å². The number of hydrogen-bond donors (Lipinski definition) is 4. The maximum atomic E-state index is 13.5. The maximum absolute atomic E-state index is 13.5. The predicted octanol–water partition coefficient (Wildman–Crippen LogP) is 4.64. The van der Waals surface area contributed by atoms with Crippen LogP contribution in [-0.4, -0.2) is 45.6 Å². The van der Waals surface area contributed by atoms with Gasteiger partial charge >= 0.3 is 0 Å². The molecule has 3 aromatic carbocycles. The van der Waals surface area contributed by atoms with Crippen LogP contribution in [0.25, 0.3) is 0 Å². The van der Waals surface area contributed by atoms with Crippen molar-refractivity contribution in [2.24, 2.45) is 0 Å². The highest BCUT2D eigenvalue weighted by Gasteiger charge is 2.24. The Bertz CT molecular complexity index is 1460. The van der Waals surface area contributed by atoms with Crippen molar-refractivity contribution in [2.75, 3.05) is 6.54 Å². The molecule has 1 heterocycles. The van der Waals surface area contributed by atoms with Crippen LogP contribution in [-0.2, 0) is 6.42 Å². The smallest absolute Gasteiger partial charge is 0.251 e. The second-order valence-corrected chi connectivity index (χ2v) is 10.8. The van der Waals surface area contributed by atoms with E-state index in [9.17, 15) is 14.7 Å². The summed E-state index contributed by atoms with van der Waals surface area (Å²) in [6.45, 7) is 8.05. The first-order valence-electron chi connectivity index (χ1n) is 14.2. The molecule has 0 radical (unpaired) electrons. The molecule has 0 aliphatic heterocycles. The van der Waals surface area contributed by atoms with Gasteiger partial charge in [0, 0.05) is 36.1 Å². The summed E-state index contributed by atoms with van der Waals surface area (Å²) < 4.78 is 0. The molecule has 8 heteroatoms. The van der Waals surface area contributed by atoms with E-state index in [2.05, 4.69) is 50.2 Å². The average molecular weight is 566 g/mol. The van der Waals surface area contributed by atoms with Crippen molar-refractivity contribution in [2.45, 2.75) is 58.3 Å². The third-order valence-corrected chi connectivity index (χ3v) is 7.27. The van der Waals surface area contributed by atoms with Gasteiger partial charge in [0.15, 0.2) is 0 Å². The van der Waals surface area contributed by atoms with Crippen molar-refractivity contribution < 1.29 is 14.7 Å². The Morgan fingerprint density at radius 2 is 1.48 bits per heavy atom. The van der Waals surface area contributed by atoms with Crippen LogP contribution in [0.5, 0.6) is 0 Å². The SMILES string of the molecule is Cc1ccc([C@@H](C)NC[C@@H](O)[C@H](Cc2ccccc2)NC(=O)c2cc(C)cc(C(=O)NC(C)c3cnccn3)c2)cc1. The number of hydrogen-bond acceptors (Lipinski definition) is 6. The zero-order valence-electron chi connectivity index (χ0n) is 24.5. The molecule has 0 saturated carbocycles. The number of nitrogens with zero attached hydrogens (tertiary/aromatic N) is 2. The number of aliphatic hydroxyl groups excluding tert-OH is 1. The van der Waals surface area contributed by atoms with Gasteiger partial charge in [-0.25, -0.2) is 0 Å². The number of carbonyl (C=O) groups excluding carboxylic acids is 2. The summed E-state index contributed by atoms with van der Waals surface area (Å²) in [6, 6.07) is 22.2. The Hall–Kier alpha value is -4.40. The lowest BCUT2D eigenvalue weighted by Gasteiger charge is -2.26. The van der Waals surface area contributed by atoms with Gasteiger partial charge in [-0.15, -0.1) is 0 Å². The molecule has 1 unspecified atom stereocenters. The lowest BCUT2D eigenvalue weighted by molar-refractivity contribution is 0.0825. The minimum atomic E-state index is -0.859. The topological polar surface area (TPSA) is 116 Å². The van der Waals surface area contributed by atoms with E-state index in [1.165, 1.54) is 5.56 Å². The van der Waals surface area contributed by atoms with Crippen molar-refractivity contribution >= 4 is 11.8 Å². The van der Waals surface area contributed by atoms with Gasteiger partial charge in [0.25, 0.3) is 11.8 Å². The number of aliphatic hydroxyl groups is 1. The Labute approximate surface area is 247 Å². The maximum Gasteiger partial charge on any atom is 0.251 e. The fourth-order valence-electron chi connectivity index (χ4n) is 4.75. The molecule has 42 heavy (non-hydrogen) atoms. The quantitative estimate of drug-likeness (QED) is 0.199. The van der Waals surface area contributed by atoms with E-state index in [4.69, 9.17) is 0 Å². The summed E-state index contributed by atoms with van der Waals surface area (Å²) >= 11 is 0. The van der Waals surface area contributed by atoms with E-state index in [1.807, 2.05) is 58.0 Å². The lowest BCUT2D eigenvalue weighted by Crippen LogP contribution is -2.49. The molecule has 4 rings (SSSR count). The molecule has 2 amide bonds. The highest BCUT2D eigenvalue weighted by molar-refractivity contribution is 6.00. The van der Waals surface area contributed by atoms with Crippen LogP contribution >= 0.6 is 0 Å². The monoisotopic (exact) mass is 565 g/mol. The first-order chi connectivity index (χ1) is 20.2. The van der Waals surface area contributed by atoms with Gasteiger partial charge in [0.1, 0.15) is 0 Å². The van der Waals surface area contributed by atoms with E-state index in [1.54, 1.807) is 36.8 Å². The predicted molar refractivity (Wildman–Crippen MR) is 164 cm³/mol. The first kappa shape index (κ1) is 30.6. The van der Waals surface area contributed by atoms with Crippen molar-refractivity contribution in [3.05, 3.63) is 130 Å². The normalized spacial score (nSPS) is 13.9. The second kappa shape index (κ2) is 14.5. The van der Waals surface area contributed by atoms with Crippen LogP contribution < -0.4 is 16.0 Å². The number of benzene rings is 3. The summed E-state index contributed by atoms with van der Waals surface area (Å²) in [5.41, 5.74) is 5.43. The van der Waals surface area contributed by atoms with E-state index < -0.39 is 12.1 Å². The van der Waals surface area contributed by atoms with Gasteiger partial charge in [-0.3, -0.25) is 19.6 Å². The molecular formula is C34H39N5O3. The third kappa shape index (κ3) is 8.55. The summed E-state index contributed by atoms with van der Waals surface area (Å²) in [5, 5.41) is 20.6. The van der Waals surface area contributed by atoms with Crippen LogP contribution in [0.4, 0.5) is 0 Å². The van der Waals surface area contributed by atoms with E-state index in [-0.39, 0.29) is 30.4 Å². The second-order valence-electron chi connectivity index (χ2n) is 10.8. The fraction of sp³-hybridized carbons (Fsp3) is 0.294. The molecule has 0 bridgehead atoms. The van der Waals surface area contributed by atoms with Crippen LogP contribution in [0.15, 0.2) is 91.4 Å². The number of aryl methyl sites for hydroxylation is 2. The van der Waals surface area contributed by atoms with Crippen molar-refractivity contribution in [3.8, 4) is 0 Å². The Kier molecular flexibility index (Phi) is 10.5. The number of rotatable bonds is 12. The van der Waals surface area contributed by atoms with Gasteiger partial charge in [-0.2, -0.15) is 0 Å². The van der Waals surface area contributed by atoms with Crippen LogP contribution in [0.3, 0.4) is 0 Å². The minimum Gasteiger partial charge on any atom is -0.390 e. The fourth-order valence-corrected chi connectivity index (χ4v) is 4.75. The lowest BCUT2D eigenvalue weighted by atomic mass is 9.99. The zero-order valence-corrected chi connectivity index (χ0v) is 24.5. The molecule has 8 nitrogen and oxygen atoms in total. The Balaban J connectivity index is 1.47. The van der Waals surface area contributed by atoms with Crippen molar-refractivity contribution in [1.29, 1.82) is 0 Å². The zero-order chi connectivity index (χ0) is 30.1. The number of amides is 2. The third-order valence-electron chi connectivity index (χ3n) is 7.27. The highest BCUT2D eigenvalue weighted by atomic mass is 16.3. The van der Waals surface area contributed by atoms with E-state index in [0.29, 0.717) is 23.2 Å². The van der Waals surface area contributed by atoms with Gasteiger partial charge in [0.05, 0.1) is 30.1 Å². The average Bonchev–Trinajstić information content (AvgIpc) is 3.00. The van der Waals surface area contributed by atoms with Gasteiger partial charge < -0.3 is 21.1 Å². The minimum absolute atomic E-state index is 0.0235. The molecule has 0 saturated heterocycles. The Morgan fingerprint density at radius 1 is 0.810 bits per heavy atom. The van der Waals surface area contributed by atoms with Gasteiger partial charge in [0.2, 0.25) is 0 Å². The molecule has 0 spiro atoms. The van der Waals surface area contributed by atoms with Crippen LogP contribution in [0.2, 0.25) is 0 Å². The summed E-state index contributed by atoms with van der Waals surface area (Å²) in [7, 11) is 0. The number of carbonyl (C=O) groups is 2. The molecule has 0 fully saturated rings. The Morgan fingerprint density at radius 3 is 2.12 bits per heavy atom. The largest absolute Gasteiger partial charge is 0.390 e. The number of aromatic nitrogens is 2. The molecule has 218 valence electrons. The molecule has 0 aliphatic rings. The summed E-state index contributed by atoms with van der Waals surface area (Å²) in [4.78, 5) is 34.9. The van der Waals surface area contributed by atoms with Crippen LogP contribution in [0, 0.1) is 13.8 Å².